The Morgan fingerprint density at radius 1 is 1.00 bits per heavy atom. The number of nitrogens with one attached hydrogen (secondary N) is 1. The first-order chi connectivity index (χ1) is 15.4. The number of aryl methyl sites for hydroxylation is 1. The van der Waals surface area contributed by atoms with Crippen molar-refractivity contribution in [3.8, 4) is 0 Å². The monoisotopic (exact) mass is 449 g/mol. The van der Waals surface area contributed by atoms with E-state index in [4.69, 9.17) is 0 Å². The number of rotatable bonds is 6. The Bertz CT molecular complexity index is 1380. The predicted octanol–water partition coefficient (Wildman–Crippen LogP) is 4.52. The van der Waals surface area contributed by atoms with Crippen LogP contribution in [0.5, 0.6) is 0 Å². The van der Waals surface area contributed by atoms with Crippen molar-refractivity contribution in [3.05, 3.63) is 96.6 Å². The van der Waals surface area contributed by atoms with Crippen LogP contribution in [0.3, 0.4) is 0 Å². The molecule has 0 bridgehead atoms. The predicted molar refractivity (Wildman–Crippen MR) is 122 cm³/mol. The first kappa shape index (κ1) is 21.5. The number of carbonyl (C=O) groups excluding carboxylic acids is 1. The van der Waals surface area contributed by atoms with Crippen molar-refractivity contribution in [3.63, 3.8) is 0 Å². The molecule has 162 valence electrons. The van der Waals surface area contributed by atoms with E-state index in [0.29, 0.717) is 16.5 Å². The average Bonchev–Trinajstić information content (AvgIpc) is 2.79. The zero-order valence-corrected chi connectivity index (χ0v) is 18.0. The largest absolute Gasteiger partial charge is 0.324 e. The number of benzene rings is 3. The summed E-state index contributed by atoms with van der Waals surface area (Å²) >= 11 is 0. The number of carbonyl (C=O) groups is 1. The fourth-order valence-corrected chi connectivity index (χ4v) is 5.03. The number of pyridine rings is 1. The van der Waals surface area contributed by atoms with E-state index in [2.05, 4.69) is 10.3 Å². The molecule has 32 heavy (non-hydrogen) atoms. The molecule has 0 radical (unpaired) electrons. The maximum atomic E-state index is 13.7. The van der Waals surface area contributed by atoms with Crippen molar-refractivity contribution in [2.75, 3.05) is 16.2 Å². The summed E-state index contributed by atoms with van der Waals surface area (Å²) in [5, 5.41) is 3.88. The quantitative estimate of drug-likeness (QED) is 0.470. The van der Waals surface area contributed by atoms with Gasteiger partial charge in [-0.05, 0) is 55.0 Å². The van der Waals surface area contributed by atoms with Crippen LogP contribution in [-0.4, -0.2) is 25.9 Å². The lowest BCUT2D eigenvalue weighted by Gasteiger charge is -2.25. The number of hydrogen-bond donors (Lipinski definition) is 1. The Morgan fingerprint density at radius 3 is 2.50 bits per heavy atom. The Kier molecular flexibility index (Phi) is 5.87. The lowest BCUT2D eigenvalue weighted by Crippen LogP contribution is -2.38. The summed E-state index contributed by atoms with van der Waals surface area (Å²) in [4.78, 5) is 16.9. The summed E-state index contributed by atoms with van der Waals surface area (Å²) < 4.78 is 41.9. The van der Waals surface area contributed by atoms with Gasteiger partial charge < -0.3 is 5.32 Å². The molecular weight excluding hydrogens is 429 g/mol. The van der Waals surface area contributed by atoms with Gasteiger partial charge >= 0.3 is 0 Å². The molecule has 6 nitrogen and oxygen atoms in total. The second-order valence-corrected chi connectivity index (χ2v) is 9.03. The molecule has 1 aromatic heterocycles. The summed E-state index contributed by atoms with van der Waals surface area (Å²) in [5.74, 6) is -1.03. The van der Waals surface area contributed by atoms with Gasteiger partial charge in [-0.2, -0.15) is 0 Å². The minimum absolute atomic E-state index is 0.0328. The van der Waals surface area contributed by atoms with Crippen molar-refractivity contribution in [1.29, 1.82) is 0 Å². The van der Waals surface area contributed by atoms with Gasteiger partial charge in [0.2, 0.25) is 5.91 Å². The third-order valence-electron chi connectivity index (χ3n) is 5.03. The highest BCUT2D eigenvalue weighted by Gasteiger charge is 2.29. The van der Waals surface area contributed by atoms with Gasteiger partial charge in [0, 0.05) is 28.9 Å². The lowest BCUT2D eigenvalue weighted by atomic mass is 10.2. The highest BCUT2D eigenvalue weighted by molar-refractivity contribution is 7.93. The SMILES string of the molecule is Cc1ccccc1NC(=O)CN(c1ccc(F)cc1)S(=O)(=O)c1cccc2cnccc12. The number of amides is 1. The van der Waals surface area contributed by atoms with E-state index in [9.17, 15) is 17.6 Å². The van der Waals surface area contributed by atoms with Crippen LogP contribution in [0.4, 0.5) is 15.8 Å². The molecule has 0 aliphatic rings. The third kappa shape index (κ3) is 4.31. The Balaban J connectivity index is 1.76. The molecule has 1 heterocycles. The molecule has 8 heteroatoms. The molecular formula is C24H20FN3O3S. The second kappa shape index (κ2) is 8.76. The molecule has 0 aliphatic heterocycles. The van der Waals surface area contributed by atoms with Crippen LogP contribution in [0.15, 0.2) is 90.1 Å². The van der Waals surface area contributed by atoms with Crippen molar-refractivity contribution >= 4 is 38.1 Å². The van der Waals surface area contributed by atoms with Crippen LogP contribution in [0.25, 0.3) is 10.8 Å². The Hall–Kier alpha value is -3.78. The van der Waals surface area contributed by atoms with Crippen LogP contribution in [0, 0.1) is 12.7 Å². The second-order valence-electron chi connectivity index (χ2n) is 7.20. The van der Waals surface area contributed by atoms with E-state index in [1.807, 2.05) is 19.1 Å². The van der Waals surface area contributed by atoms with E-state index >= 15 is 0 Å². The maximum absolute atomic E-state index is 13.7. The Labute approximate surface area is 185 Å². The van der Waals surface area contributed by atoms with Crippen LogP contribution < -0.4 is 9.62 Å². The number of aromatic nitrogens is 1. The molecule has 0 spiro atoms. The van der Waals surface area contributed by atoms with Crippen LogP contribution in [-0.2, 0) is 14.8 Å². The smallest absolute Gasteiger partial charge is 0.265 e. The molecule has 1 amide bonds. The molecule has 0 fully saturated rings. The normalized spacial score (nSPS) is 11.3. The molecule has 0 saturated heterocycles. The number of para-hydroxylation sites is 1. The van der Waals surface area contributed by atoms with Gasteiger partial charge in [-0.1, -0.05) is 30.3 Å². The van der Waals surface area contributed by atoms with Gasteiger partial charge in [0.05, 0.1) is 10.6 Å². The summed E-state index contributed by atoms with van der Waals surface area (Å²) in [5.41, 5.74) is 1.61. The molecule has 0 unspecified atom stereocenters. The zero-order valence-electron chi connectivity index (χ0n) is 17.2. The molecule has 0 saturated carbocycles. The van der Waals surface area contributed by atoms with Gasteiger partial charge in [0.15, 0.2) is 0 Å². The molecule has 4 aromatic rings. The van der Waals surface area contributed by atoms with Crippen molar-refractivity contribution in [1.82, 2.24) is 4.98 Å². The van der Waals surface area contributed by atoms with E-state index in [0.717, 1.165) is 22.0 Å². The lowest BCUT2D eigenvalue weighted by molar-refractivity contribution is -0.114. The summed E-state index contributed by atoms with van der Waals surface area (Å²) in [7, 11) is -4.17. The van der Waals surface area contributed by atoms with Gasteiger partial charge in [-0.15, -0.1) is 0 Å². The van der Waals surface area contributed by atoms with Gasteiger partial charge in [0.1, 0.15) is 12.4 Å². The van der Waals surface area contributed by atoms with Crippen molar-refractivity contribution < 1.29 is 17.6 Å². The topological polar surface area (TPSA) is 79.4 Å². The van der Waals surface area contributed by atoms with Gasteiger partial charge in [-0.25, -0.2) is 12.8 Å². The number of anilines is 2. The minimum Gasteiger partial charge on any atom is -0.324 e. The third-order valence-corrected chi connectivity index (χ3v) is 6.86. The maximum Gasteiger partial charge on any atom is 0.265 e. The molecule has 1 N–H and O–H groups in total. The van der Waals surface area contributed by atoms with Gasteiger partial charge in [-0.3, -0.25) is 14.1 Å². The summed E-state index contributed by atoms with van der Waals surface area (Å²) in [6, 6.07) is 18.6. The number of halogens is 1. The zero-order chi connectivity index (χ0) is 22.7. The summed E-state index contributed by atoms with van der Waals surface area (Å²) in [6.07, 6.45) is 3.08. The minimum atomic E-state index is -4.17. The first-order valence-electron chi connectivity index (χ1n) is 9.83. The van der Waals surface area contributed by atoms with Gasteiger partial charge in [0.25, 0.3) is 10.0 Å². The highest BCUT2D eigenvalue weighted by atomic mass is 32.2. The molecule has 0 aliphatic carbocycles. The van der Waals surface area contributed by atoms with E-state index in [-0.39, 0.29) is 10.6 Å². The average molecular weight is 450 g/mol. The van der Waals surface area contributed by atoms with Crippen molar-refractivity contribution in [2.45, 2.75) is 11.8 Å². The fraction of sp³-hybridized carbons (Fsp3) is 0.0833. The number of nitrogens with zero attached hydrogens (tertiary/aromatic N) is 2. The Morgan fingerprint density at radius 2 is 1.75 bits per heavy atom. The number of hydrogen-bond acceptors (Lipinski definition) is 4. The molecule has 4 rings (SSSR count). The van der Waals surface area contributed by atoms with E-state index < -0.39 is 28.3 Å². The van der Waals surface area contributed by atoms with Crippen LogP contribution in [0.2, 0.25) is 0 Å². The number of sulfonamides is 1. The first-order valence-corrected chi connectivity index (χ1v) is 11.3. The standard InChI is InChI=1S/C24H20FN3O3S/c1-17-5-2-3-7-22(17)27-24(29)16-28(20-11-9-19(25)10-12-20)32(30,31)23-8-4-6-18-15-26-14-13-21(18)23/h2-15H,16H2,1H3,(H,27,29). The highest BCUT2D eigenvalue weighted by Crippen LogP contribution is 2.29. The molecule has 3 aromatic carbocycles. The van der Waals surface area contributed by atoms with Crippen LogP contribution in [0.1, 0.15) is 5.56 Å². The van der Waals surface area contributed by atoms with Crippen LogP contribution >= 0.6 is 0 Å². The summed E-state index contributed by atoms with van der Waals surface area (Å²) in [6.45, 7) is 1.36. The number of fused-ring (bicyclic) bond motifs is 1. The van der Waals surface area contributed by atoms with Crippen molar-refractivity contribution in [2.24, 2.45) is 0 Å². The van der Waals surface area contributed by atoms with E-state index in [1.165, 1.54) is 24.4 Å². The van der Waals surface area contributed by atoms with E-state index in [1.54, 1.807) is 36.5 Å². The molecule has 0 atom stereocenters. The fourth-order valence-electron chi connectivity index (χ4n) is 3.39.